The van der Waals surface area contributed by atoms with E-state index in [1.165, 1.54) is 21.3 Å². The summed E-state index contributed by atoms with van der Waals surface area (Å²) in [5.74, 6) is 2.19. The summed E-state index contributed by atoms with van der Waals surface area (Å²) in [5, 5.41) is 0. The highest BCUT2D eigenvalue weighted by atomic mass is 16.5. The number of benzene rings is 2. The minimum Gasteiger partial charge on any atom is -0.493 e. The molecule has 0 bridgehead atoms. The van der Waals surface area contributed by atoms with Gasteiger partial charge >= 0.3 is 5.97 Å². The summed E-state index contributed by atoms with van der Waals surface area (Å²) < 4.78 is 33.7. The smallest absolute Gasteiger partial charge is 0.312 e. The van der Waals surface area contributed by atoms with Crippen molar-refractivity contribution in [1.29, 1.82) is 0 Å². The summed E-state index contributed by atoms with van der Waals surface area (Å²) in [7, 11) is 4.57. The second kappa shape index (κ2) is 8.30. The Morgan fingerprint density at radius 1 is 0.912 bits per heavy atom. The minimum absolute atomic E-state index is 0.0310. The van der Waals surface area contributed by atoms with Crippen molar-refractivity contribution in [3.8, 4) is 28.7 Å². The second-order valence-electron chi connectivity index (χ2n) is 7.90. The number of hydrogen-bond donors (Lipinski definition) is 0. The molecule has 2 aromatic carbocycles. The number of hydrogen-bond acceptors (Lipinski definition) is 8. The number of ether oxygens (including phenoxy) is 5. The van der Waals surface area contributed by atoms with Crippen molar-refractivity contribution >= 4 is 17.8 Å². The molecule has 0 unspecified atom stereocenters. The average molecular weight is 462 g/mol. The molecule has 1 aromatic heterocycles. The minimum atomic E-state index is -0.501. The van der Waals surface area contributed by atoms with Crippen molar-refractivity contribution in [3.05, 3.63) is 70.4 Å². The molecule has 8 nitrogen and oxygen atoms in total. The second-order valence-corrected chi connectivity index (χ2v) is 7.90. The van der Waals surface area contributed by atoms with Crippen molar-refractivity contribution in [1.82, 2.24) is 0 Å². The van der Waals surface area contributed by atoms with Gasteiger partial charge in [-0.15, -0.1) is 0 Å². The van der Waals surface area contributed by atoms with Gasteiger partial charge in [0.05, 0.1) is 33.3 Å². The van der Waals surface area contributed by atoms with E-state index in [-0.39, 0.29) is 18.0 Å². The summed E-state index contributed by atoms with van der Waals surface area (Å²) in [6.45, 7) is 1.82. The van der Waals surface area contributed by atoms with E-state index in [9.17, 15) is 9.59 Å². The lowest BCUT2D eigenvalue weighted by molar-refractivity contribution is -0.135. The van der Waals surface area contributed by atoms with Gasteiger partial charge in [0.15, 0.2) is 17.3 Å². The molecule has 34 heavy (non-hydrogen) atoms. The van der Waals surface area contributed by atoms with Crippen LogP contribution in [-0.4, -0.2) is 33.1 Å². The Hall–Kier alpha value is -4.20. The largest absolute Gasteiger partial charge is 0.493 e. The average Bonchev–Trinajstić information content (AvgIpc) is 3.39. The Labute approximate surface area is 195 Å². The van der Waals surface area contributed by atoms with Crippen LogP contribution in [0, 0.1) is 6.92 Å². The predicted octanol–water partition coefficient (Wildman–Crippen LogP) is 4.67. The number of esters is 1. The van der Waals surface area contributed by atoms with Gasteiger partial charge < -0.3 is 28.1 Å². The highest BCUT2D eigenvalue weighted by molar-refractivity contribution is 6.15. The van der Waals surface area contributed by atoms with E-state index in [2.05, 4.69) is 0 Å². The molecule has 8 heteroatoms. The lowest BCUT2D eigenvalue weighted by Gasteiger charge is -2.28. The first-order valence-electron chi connectivity index (χ1n) is 10.6. The van der Waals surface area contributed by atoms with Crippen LogP contribution >= 0.6 is 0 Å². The lowest BCUT2D eigenvalue weighted by atomic mass is 9.84. The van der Waals surface area contributed by atoms with E-state index < -0.39 is 11.9 Å². The molecule has 0 N–H and O–H groups in total. The maximum Gasteiger partial charge on any atom is 0.312 e. The first-order chi connectivity index (χ1) is 16.4. The number of Topliss-reactive ketones (excluding diaryl/α,β-unsaturated/α-hetero) is 1. The molecule has 5 rings (SSSR count). The molecule has 2 aliphatic rings. The fourth-order valence-corrected chi connectivity index (χ4v) is 4.43. The Morgan fingerprint density at radius 2 is 1.71 bits per heavy atom. The topological polar surface area (TPSA) is 93.4 Å². The molecule has 0 amide bonds. The van der Waals surface area contributed by atoms with E-state index in [1.54, 1.807) is 36.4 Å². The Morgan fingerprint density at radius 3 is 2.38 bits per heavy atom. The van der Waals surface area contributed by atoms with Crippen LogP contribution in [0.15, 0.2) is 46.6 Å². The van der Waals surface area contributed by atoms with Gasteiger partial charge in [0.2, 0.25) is 11.5 Å². The summed E-state index contributed by atoms with van der Waals surface area (Å²) in [6, 6.07) is 10.3. The summed E-state index contributed by atoms with van der Waals surface area (Å²) in [5.41, 5.74) is 1.66. The Kier molecular flexibility index (Phi) is 5.28. The van der Waals surface area contributed by atoms with Crippen molar-refractivity contribution in [2.75, 3.05) is 21.3 Å². The maximum absolute atomic E-state index is 13.1. The molecule has 1 atom stereocenters. The van der Waals surface area contributed by atoms with Crippen LogP contribution in [0.2, 0.25) is 0 Å². The number of fused-ring (bicyclic) bond motifs is 3. The number of carbonyl (C=O) groups excluding carboxylic acids is 2. The van der Waals surface area contributed by atoms with Crippen molar-refractivity contribution < 1.29 is 37.7 Å². The quantitative estimate of drug-likeness (QED) is 0.307. The fraction of sp³-hybridized carbons (Fsp3) is 0.231. The number of furan rings is 1. The third kappa shape index (κ3) is 3.39. The van der Waals surface area contributed by atoms with Crippen LogP contribution in [-0.2, 0) is 4.79 Å². The molecular weight excluding hydrogens is 440 g/mol. The van der Waals surface area contributed by atoms with Crippen molar-refractivity contribution in [2.45, 2.75) is 19.3 Å². The summed E-state index contributed by atoms with van der Waals surface area (Å²) >= 11 is 0. The lowest BCUT2D eigenvalue weighted by Crippen LogP contribution is -2.22. The first-order valence-corrected chi connectivity index (χ1v) is 10.6. The normalized spacial score (nSPS) is 17.6. The number of ketones is 1. The molecule has 0 radical (unpaired) electrons. The molecule has 0 fully saturated rings. The highest BCUT2D eigenvalue weighted by Gasteiger charge is 2.40. The first kappa shape index (κ1) is 21.6. The van der Waals surface area contributed by atoms with Crippen LogP contribution in [0.5, 0.6) is 28.7 Å². The van der Waals surface area contributed by atoms with Crippen LogP contribution in [0.3, 0.4) is 0 Å². The number of allylic oxidation sites excluding steroid dienone is 1. The molecule has 0 saturated carbocycles. The van der Waals surface area contributed by atoms with Gasteiger partial charge in [-0.1, -0.05) is 6.07 Å². The molecule has 3 aromatic rings. The van der Waals surface area contributed by atoms with Crippen LogP contribution < -0.4 is 23.7 Å². The molecular formula is C26H22O8. The van der Waals surface area contributed by atoms with Gasteiger partial charge in [-0.3, -0.25) is 9.59 Å². The standard InChI is InChI=1S/C26H22O8/c1-13-5-6-14(32-13)11-20-23(28)16-8-9-18-22(24(16)34-20)17(12-21(27)33-18)15-7-10-19(29-2)26(31-4)25(15)30-3/h5-11,17H,12H2,1-4H3/b20-11-/t17-/m0/s1. The molecule has 2 aliphatic heterocycles. The molecule has 0 saturated heterocycles. The zero-order valence-electron chi connectivity index (χ0n) is 19.1. The molecule has 0 aliphatic carbocycles. The number of rotatable bonds is 5. The van der Waals surface area contributed by atoms with Crippen LogP contribution in [0.4, 0.5) is 0 Å². The van der Waals surface area contributed by atoms with Gasteiger partial charge in [-0.05, 0) is 37.3 Å². The van der Waals surface area contributed by atoms with E-state index in [0.29, 0.717) is 51.2 Å². The zero-order chi connectivity index (χ0) is 24.0. The van der Waals surface area contributed by atoms with E-state index in [4.69, 9.17) is 28.1 Å². The predicted molar refractivity (Wildman–Crippen MR) is 121 cm³/mol. The van der Waals surface area contributed by atoms with Gasteiger partial charge in [-0.2, -0.15) is 0 Å². The molecule has 0 spiro atoms. The van der Waals surface area contributed by atoms with Crippen molar-refractivity contribution in [2.24, 2.45) is 0 Å². The SMILES string of the molecule is COc1ccc([C@@H]2CC(=O)Oc3ccc4c(c32)O/C(=C\c2ccc(C)o2)C4=O)c(OC)c1OC. The molecule has 174 valence electrons. The third-order valence-electron chi connectivity index (χ3n) is 5.92. The summed E-state index contributed by atoms with van der Waals surface area (Å²) in [6.07, 6.45) is 1.59. The van der Waals surface area contributed by atoms with Gasteiger partial charge in [-0.25, -0.2) is 0 Å². The Balaban J connectivity index is 1.66. The monoisotopic (exact) mass is 462 g/mol. The van der Waals surface area contributed by atoms with E-state index in [0.717, 1.165) is 5.76 Å². The maximum atomic E-state index is 13.1. The highest BCUT2D eigenvalue weighted by Crippen LogP contribution is 2.53. The van der Waals surface area contributed by atoms with E-state index in [1.807, 2.05) is 13.0 Å². The summed E-state index contributed by atoms with van der Waals surface area (Å²) in [4.78, 5) is 25.6. The Bertz CT molecular complexity index is 1350. The van der Waals surface area contributed by atoms with E-state index >= 15 is 0 Å². The number of carbonyl (C=O) groups is 2. The third-order valence-corrected chi connectivity index (χ3v) is 5.92. The van der Waals surface area contributed by atoms with Crippen LogP contribution in [0.25, 0.3) is 6.08 Å². The van der Waals surface area contributed by atoms with Crippen LogP contribution in [0.1, 0.15) is 45.3 Å². The fourth-order valence-electron chi connectivity index (χ4n) is 4.43. The number of methoxy groups -OCH3 is 3. The van der Waals surface area contributed by atoms with Gasteiger partial charge in [0.1, 0.15) is 23.0 Å². The zero-order valence-corrected chi connectivity index (χ0v) is 19.1. The molecule has 3 heterocycles. The van der Waals surface area contributed by atoms with Gasteiger partial charge in [0.25, 0.3) is 0 Å². The van der Waals surface area contributed by atoms with Gasteiger partial charge in [0, 0.05) is 23.1 Å². The van der Waals surface area contributed by atoms with Crippen molar-refractivity contribution in [3.63, 3.8) is 0 Å². The number of aryl methyl sites for hydroxylation is 1.